The molecule has 1 aromatic heterocycles. The van der Waals surface area contributed by atoms with Crippen LogP contribution in [-0.4, -0.2) is 28.9 Å². The average molecular weight is 332 g/mol. The van der Waals surface area contributed by atoms with Gasteiger partial charge in [-0.3, -0.25) is 14.9 Å². The van der Waals surface area contributed by atoms with Crippen LogP contribution in [0.15, 0.2) is 24.3 Å². The molecule has 2 unspecified atom stereocenters. The van der Waals surface area contributed by atoms with Crippen molar-refractivity contribution >= 4 is 39.4 Å². The van der Waals surface area contributed by atoms with E-state index in [0.717, 1.165) is 15.2 Å². The molecule has 23 heavy (non-hydrogen) atoms. The first kappa shape index (κ1) is 15.4. The van der Waals surface area contributed by atoms with Crippen LogP contribution in [0.1, 0.15) is 18.4 Å². The first-order valence-electron chi connectivity index (χ1n) is 7.25. The van der Waals surface area contributed by atoms with Crippen molar-refractivity contribution in [3.05, 3.63) is 29.3 Å². The number of urea groups is 1. The van der Waals surface area contributed by atoms with Gasteiger partial charge in [0, 0.05) is 12.5 Å². The van der Waals surface area contributed by atoms with E-state index < -0.39 is 17.9 Å². The molecule has 3 rings (SSSR count). The second-order valence-electron chi connectivity index (χ2n) is 5.41. The predicted octanol–water partition coefficient (Wildman–Crippen LogP) is 1.15. The van der Waals surface area contributed by atoms with Crippen molar-refractivity contribution in [2.45, 2.75) is 25.9 Å². The van der Waals surface area contributed by atoms with E-state index in [0.29, 0.717) is 6.54 Å². The van der Waals surface area contributed by atoms with Crippen molar-refractivity contribution in [2.75, 3.05) is 0 Å². The Kier molecular flexibility index (Phi) is 4.24. The Balaban J connectivity index is 1.57. The summed E-state index contributed by atoms with van der Waals surface area (Å²) < 4.78 is 1.07. The van der Waals surface area contributed by atoms with E-state index in [4.69, 9.17) is 0 Å². The van der Waals surface area contributed by atoms with Gasteiger partial charge in [-0.15, -0.1) is 11.3 Å². The summed E-state index contributed by atoms with van der Waals surface area (Å²) in [5, 5.41) is 8.36. The highest BCUT2D eigenvalue weighted by Gasteiger charge is 2.33. The van der Waals surface area contributed by atoms with Crippen molar-refractivity contribution < 1.29 is 14.4 Å². The molecule has 1 saturated heterocycles. The molecular formula is C15H16N4O3S. The molecule has 8 heteroatoms. The van der Waals surface area contributed by atoms with E-state index in [-0.39, 0.29) is 18.4 Å². The molecule has 2 heterocycles. The molecule has 1 fully saturated rings. The third-order valence-electron chi connectivity index (χ3n) is 3.72. The van der Waals surface area contributed by atoms with Crippen LogP contribution in [0.4, 0.5) is 4.79 Å². The van der Waals surface area contributed by atoms with E-state index in [2.05, 4.69) is 20.9 Å². The quantitative estimate of drug-likeness (QED) is 0.782. The number of hydrogen-bond donors (Lipinski definition) is 3. The van der Waals surface area contributed by atoms with Gasteiger partial charge in [0.25, 0.3) is 0 Å². The van der Waals surface area contributed by atoms with Crippen LogP contribution < -0.4 is 16.0 Å². The molecule has 0 radical (unpaired) electrons. The standard InChI is InChI=1S/C15H16N4O3S/c1-8-9(14(21)19-15(22)17-8)6-12(20)16-7-13-18-10-4-2-3-5-11(10)23-13/h2-5,8-9H,6-7H2,1H3,(H,16,20)(H2,17,19,21,22). The summed E-state index contributed by atoms with van der Waals surface area (Å²) >= 11 is 1.52. The zero-order chi connectivity index (χ0) is 16.4. The number of rotatable bonds is 4. The normalized spacial score (nSPS) is 20.9. The SMILES string of the molecule is CC1NC(=O)NC(=O)C1CC(=O)NCc1nc2ccccc2s1. The van der Waals surface area contributed by atoms with Crippen LogP contribution in [0.5, 0.6) is 0 Å². The fourth-order valence-electron chi connectivity index (χ4n) is 2.49. The maximum absolute atomic E-state index is 12.0. The molecule has 0 bridgehead atoms. The number of thiazole rings is 1. The predicted molar refractivity (Wildman–Crippen MR) is 85.7 cm³/mol. The molecule has 1 aliphatic rings. The van der Waals surface area contributed by atoms with Crippen LogP contribution in [-0.2, 0) is 16.1 Å². The molecular weight excluding hydrogens is 316 g/mol. The van der Waals surface area contributed by atoms with Crippen LogP contribution in [0.3, 0.4) is 0 Å². The lowest BCUT2D eigenvalue weighted by Gasteiger charge is -2.28. The van der Waals surface area contributed by atoms with Gasteiger partial charge in [0.15, 0.2) is 0 Å². The number of hydrogen-bond acceptors (Lipinski definition) is 5. The van der Waals surface area contributed by atoms with Gasteiger partial charge in [0.05, 0.1) is 22.7 Å². The minimum absolute atomic E-state index is 0.0260. The lowest BCUT2D eigenvalue weighted by molar-refractivity contribution is -0.131. The number of imide groups is 1. The molecule has 3 N–H and O–H groups in total. The minimum Gasteiger partial charge on any atom is -0.350 e. The molecule has 1 aromatic carbocycles. The Labute approximate surface area is 136 Å². The first-order valence-corrected chi connectivity index (χ1v) is 8.07. The van der Waals surface area contributed by atoms with Crippen molar-refractivity contribution in [1.29, 1.82) is 0 Å². The summed E-state index contributed by atoms with van der Waals surface area (Å²) in [7, 11) is 0. The number of carbonyl (C=O) groups is 3. The Morgan fingerprint density at radius 2 is 2.13 bits per heavy atom. The van der Waals surface area contributed by atoms with Crippen molar-refractivity contribution in [2.24, 2.45) is 5.92 Å². The van der Waals surface area contributed by atoms with E-state index >= 15 is 0 Å². The number of nitrogens with one attached hydrogen (secondary N) is 3. The number of amides is 4. The van der Waals surface area contributed by atoms with Gasteiger partial charge >= 0.3 is 6.03 Å². The zero-order valence-corrected chi connectivity index (χ0v) is 13.3. The van der Waals surface area contributed by atoms with Crippen molar-refractivity contribution in [3.8, 4) is 0 Å². The fraction of sp³-hybridized carbons (Fsp3) is 0.333. The molecule has 0 spiro atoms. The average Bonchev–Trinajstić information content (AvgIpc) is 2.91. The Hall–Kier alpha value is -2.48. The smallest absolute Gasteiger partial charge is 0.321 e. The van der Waals surface area contributed by atoms with Gasteiger partial charge in [-0.25, -0.2) is 9.78 Å². The number of benzene rings is 1. The second-order valence-corrected chi connectivity index (χ2v) is 6.53. The van der Waals surface area contributed by atoms with Gasteiger partial charge in [0.1, 0.15) is 5.01 Å². The summed E-state index contributed by atoms with van der Waals surface area (Å²) in [6.45, 7) is 2.04. The topological polar surface area (TPSA) is 100 Å². The Morgan fingerprint density at radius 1 is 1.35 bits per heavy atom. The van der Waals surface area contributed by atoms with Crippen LogP contribution >= 0.6 is 11.3 Å². The zero-order valence-electron chi connectivity index (χ0n) is 12.5. The lowest BCUT2D eigenvalue weighted by atomic mass is 9.94. The second kappa shape index (κ2) is 6.33. The maximum Gasteiger partial charge on any atom is 0.321 e. The van der Waals surface area contributed by atoms with Crippen molar-refractivity contribution in [3.63, 3.8) is 0 Å². The van der Waals surface area contributed by atoms with E-state index in [9.17, 15) is 14.4 Å². The van der Waals surface area contributed by atoms with Gasteiger partial charge < -0.3 is 10.6 Å². The molecule has 2 atom stereocenters. The van der Waals surface area contributed by atoms with E-state index in [1.807, 2.05) is 24.3 Å². The van der Waals surface area contributed by atoms with E-state index in [1.165, 1.54) is 11.3 Å². The number of carbonyl (C=O) groups excluding carboxylic acids is 3. The van der Waals surface area contributed by atoms with E-state index in [1.54, 1.807) is 6.92 Å². The largest absolute Gasteiger partial charge is 0.350 e. The highest BCUT2D eigenvalue weighted by molar-refractivity contribution is 7.18. The lowest BCUT2D eigenvalue weighted by Crippen LogP contribution is -2.57. The Bertz CT molecular complexity index is 740. The summed E-state index contributed by atoms with van der Waals surface area (Å²) in [4.78, 5) is 39.4. The van der Waals surface area contributed by atoms with Gasteiger partial charge in [0.2, 0.25) is 11.8 Å². The molecule has 120 valence electrons. The first-order chi connectivity index (χ1) is 11.0. The molecule has 1 aliphatic heterocycles. The third kappa shape index (κ3) is 3.48. The Morgan fingerprint density at radius 3 is 2.87 bits per heavy atom. The molecule has 4 amide bonds. The summed E-state index contributed by atoms with van der Waals surface area (Å²) in [5.74, 6) is -1.23. The van der Waals surface area contributed by atoms with Crippen LogP contribution in [0.2, 0.25) is 0 Å². The highest BCUT2D eigenvalue weighted by Crippen LogP contribution is 2.21. The molecule has 0 aliphatic carbocycles. The molecule has 2 aromatic rings. The monoisotopic (exact) mass is 332 g/mol. The maximum atomic E-state index is 12.0. The third-order valence-corrected chi connectivity index (χ3v) is 4.75. The summed E-state index contributed by atoms with van der Waals surface area (Å²) in [5.41, 5.74) is 0.907. The number of fused-ring (bicyclic) bond motifs is 1. The molecule has 7 nitrogen and oxygen atoms in total. The van der Waals surface area contributed by atoms with Crippen LogP contribution in [0.25, 0.3) is 10.2 Å². The van der Waals surface area contributed by atoms with Crippen LogP contribution in [0, 0.1) is 5.92 Å². The minimum atomic E-state index is -0.567. The number of nitrogens with zero attached hydrogens (tertiary/aromatic N) is 1. The van der Waals surface area contributed by atoms with Gasteiger partial charge in [-0.1, -0.05) is 12.1 Å². The molecule has 0 saturated carbocycles. The van der Waals surface area contributed by atoms with Crippen molar-refractivity contribution in [1.82, 2.24) is 20.9 Å². The summed E-state index contributed by atoms with van der Waals surface area (Å²) in [6.07, 6.45) is 0.0260. The fourth-order valence-corrected chi connectivity index (χ4v) is 3.39. The number of para-hydroxylation sites is 1. The van der Waals surface area contributed by atoms with Gasteiger partial charge in [-0.2, -0.15) is 0 Å². The number of aromatic nitrogens is 1. The summed E-state index contributed by atoms with van der Waals surface area (Å²) in [6, 6.07) is 6.88. The highest BCUT2D eigenvalue weighted by atomic mass is 32.1. The van der Waals surface area contributed by atoms with Gasteiger partial charge in [-0.05, 0) is 19.1 Å².